The van der Waals surface area contributed by atoms with E-state index in [1.165, 1.54) is 0 Å². The van der Waals surface area contributed by atoms with Crippen LogP contribution in [0.4, 0.5) is 0 Å². The fourth-order valence-electron chi connectivity index (χ4n) is 3.25. The second-order valence-corrected chi connectivity index (χ2v) is 6.24. The molecule has 0 saturated heterocycles. The Hall–Kier alpha value is -3.33. The molecule has 0 aliphatic heterocycles. The third-order valence-electron chi connectivity index (χ3n) is 4.58. The molecule has 1 heterocycles. The van der Waals surface area contributed by atoms with Gasteiger partial charge in [-0.2, -0.15) is 0 Å². The summed E-state index contributed by atoms with van der Waals surface area (Å²) in [7, 11) is 1.66. The average molecular weight is 342 g/mol. The van der Waals surface area contributed by atoms with Crippen molar-refractivity contribution >= 4 is 11.0 Å². The van der Waals surface area contributed by atoms with Crippen molar-refractivity contribution in [2.45, 2.75) is 6.92 Å². The molecule has 0 spiro atoms. The summed E-state index contributed by atoms with van der Waals surface area (Å²) in [6.07, 6.45) is 0. The summed E-state index contributed by atoms with van der Waals surface area (Å²) >= 11 is 0. The normalized spacial score (nSPS) is 10.8. The van der Waals surface area contributed by atoms with Crippen LogP contribution in [0.15, 0.2) is 82.0 Å². The van der Waals surface area contributed by atoms with Crippen molar-refractivity contribution in [3.05, 3.63) is 88.8 Å². The lowest BCUT2D eigenvalue weighted by molar-refractivity contribution is 0.415. The molecule has 0 fully saturated rings. The van der Waals surface area contributed by atoms with Crippen LogP contribution in [0.5, 0.6) is 5.75 Å². The van der Waals surface area contributed by atoms with Crippen LogP contribution in [0.3, 0.4) is 0 Å². The van der Waals surface area contributed by atoms with Gasteiger partial charge in [-0.25, -0.2) is 4.79 Å². The molecule has 3 nitrogen and oxygen atoms in total. The monoisotopic (exact) mass is 342 g/mol. The van der Waals surface area contributed by atoms with Crippen molar-refractivity contribution in [3.63, 3.8) is 0 Å². The van der Waals surface area contributed by atoms with Crippen molar-refractivity contribution in [1.82, 2.24) is 0 Å². The van der Waals surface area contributed by atoms with Gasteiger partial charge in [0.1, 0.15) is 11.3 Å². The molecular weight excluding hydrogens is 324 g/mol. The Morgan fingerprint density at radius 1 is 0.808 bits per heavy atom. The van der Waals surface area contributed by atoms with E-state index in [1.54, 1.807) is 13.2 Å². The Kier molecular flexibility index (Phi) is 4.05. The SMILES string of the molecule is COc1ccc(-c2cc3c(-c4ccccc4)cc(=O)oc3cc2C)cc1. The maximum atomic E-state index is 12.0. The highest BCUT2D eigenvalue weighted by molar-refractivity contribution is 5.96. The van der Waals surface area contributed by atoms with Crippen LogP contribution in [0.25, 0.3) is 33.2 Å². The molecule has 0 aliphatic carbocycles. The van der Waals surface area contributed by atoms with Crippen molar-refractivity contribution in [2.24, 2.45) is 0 Å². The second-order valence-electron chi connectivity index (χ2n) is 6.24. The van der Waals surface area contributed by atoms with Gasteiger partial charge in [-0.1, -0.05) is 42.5 Å². The molecule has 4 rings (SSSR count). The smallest absolute Gasteiger partial charge is 0.336 e. The Morgan fingerprint density at radius 2 is 1.50 bits per heavy atom. The molecule has 1 aromatic heterocycles. The molecule has 0 radical (unpaired) electrons. The molecule has 0 atom stereocenters. The number of aryl methyl sites for hydroxylation is 1. The third kappa shape index (κ3) is 2.88. The van der Waals surface area contributed by atoms with E-state index < -0.39 is 0 Å². The van der Waals surface area contributed by atoms with Crippen LogP contribution < -0.4 is 10.4 Å². The number of hydrogen-bond acceptors (Lipinski definition) is 3. The third-order valence-corrected chi connectivity index (χ3v) is 4.58. The predicted octanol–water partition coefficient (Wildman–Crippen LogP) is 5.44. The highest BCUT2D eigenvalue weighted by Gasteiger charge is 2.12. The lowest BCUT2D eigenvalue weighted by Gasteiger charge is -2.11. The van der Waals surface area contributed by atoms with Crippen LogP contribution in [0, 0.1) is 6.92 Å². The summed E-state index contributed by atoms with van der Waals surface area (Å²) < 4.78 is 10.7. The summed E-state index contributed by atoms with van der Waals surface area (Å²) in [6.45, 7) is 2.02. The van der Waals surface area contributed by atoms with Crippen LogP contribution in [0.1, 0.15) is 5.56 Å². The Morgan fingerprint density at radius 3 is 2.19 bits per heavy atom. The number of hydrogen-bond donors (Lipinski definition) is 0. The second kappa shape index (κ2) is 6.52. The average Bonchev–Trinajstić information content (AvgIpc) is 2.67. The fourth-order valence-corrected chi connectivity index (χ4v) is 3.25. The van der Waals surface area contributed by atoms with Crippen molar-refractivity contribution in [1.29, 1.82) is 0 Å². The van der Waals surface area contributed by atoms with Gasteiger partial charge in [-0.3, -0.25) is 0 Å². The van der Waals surface area contributed by atoms with E-state index in [0.29, 0.717) is 5.58 Å². The molecule has 0 bridgehead atoms. The maximum absolute atomic E-state index is 12.0. The minimum absolute atomic E-state index is 0.340. The summed E-state index contributed by atoms with van der Waals surface area (Å²) in [5.74, 6) is 0.822. The van der Waals surface area contributed by atoms with E-state index in [4.69, 9.17) is 9.15 Å². The fraction of sp³-hybridized carbons (Fsp3) is 0.0870. The summed E-state index contributed by atoms with van der Waals surface area (Å²) in [5, 5.41) is 0.923. The molecule has 4 aromatic rings. The first kappa shape index (κ1) is 16.2. The van der Waals surface area contributed by atoms with Gasteiger partial charge < -0.3 is 9.15 Å². The lowest BCUT2D eigenvalue weighted by Crippen LogP contribution is -1.99. The van der Waals surface area contributed by atoms with Gasteiger partial charge in [0.25, 0.3) is 0 Å². The predicted molar refractivity (Wildman–Crippen MR) is 105 cm³/mol. The molecule has 3 aromatic carbocycles. The van der Waals surface area contributed by atoms with Gasteiger partial charge in [0.05, 0.1) is 7.11 Å². The highest BCUT2D eigenvalue weighted by atomic mass is 16.5. The molecule has 0 saturated carbocycles. The van der Waals surface area contributed by atoms with Crippen LogP contribution in [0.2, 0.25) is 0 Å². The van der Waals surface area contributed by atoms with Crippen molar-refractivity contribution in [3.8, 4) is 28.0 Å². The van der Waals surface area contributed by atoms with Gasteiger partial charge >= 0.3 is 5.63 Å². The molecule has 0 amide bonds. The van der Waals surface area contributed by atoms with Crippen molar-refractivity contribution < 1.29 is 9.15 Å². The number of rotatable bonds is 3. The number of fused-ring (bicyclic) bond motifs is 1. The van der Waals surface area contributed by atoms with E-state index in [9.17, 15) is 4.79 Å². The quantitative estimate of drug-likeness (QED) is 0.465. The zero-order valence-corrected chi connectivity index (χ0v) is 14.7. The molecule has 0 unspecified atom stereocenters. The highest BCUT2D eigenvalue weighted by Crippen LogP contribution is 2.34. The topological polar surface area (TPSA) is 39.4 Å². The van der Waals surface area contributed by atoms with E-state index in [0.717, 1.165) is 39.0 Å². The van der Waals surface area contributed by atoms with Crippen LogP contribution >= 0.6 is 0 Å². The van der Waals surface area contributed by atoms with E-state index >= 15 is 0 Å². The van der Waals surface area contributed by atoms with Gasteiger partial charge in [0, 0.05) is 11.5 Å². The van der Waals surface area contributed by atoms with Gasteiger partial charge in [-0.05, 0) is 59.0 Å². The van der Waals surface area contributed by atoms with E-state index in [2.05, 4.69) is 6.07 Å². The lowest BCUT2D eigenvalue weighted by atomic mass is 9.95. The largest absolute Gasteiger partial charge is 0.497 e. The first-order valence-corrected chi connectivity index (χ1v) is 8.44. The zero-order valence-electron chi connectivity index (χ0n) is 14.7. The standard InChI is InChI=1S/C23H18O3/c1-15-12-22-21(13-19(15)17-8-10-18(25-2)11-9-17)20(14-23(24)26-22)16-6-4-3-5-7-16/h3-14H,1-2H3. The first-order valence-electron chi connectivity index (χ1n) is 8.44. The van der Waals surface area contributed by atoms with Crippen LogP contribution in [-0.4, -0.2) is 7.11 Å². The number of methoxy groups -OCH3 is 1. The Balaban J connectivity index is 1.97. The molecule has 128 valence electrons. The molecular formula is C23H18O3. The van der Waals surface area contributed by atoms with Gasteiger partial charge in [0.15, 0.2) is 0 Å². The zero-order chi connectivity index (χ0) is 18.1. The summed E-state index contributed by atoms with van der Waals surface area (Å²) in [6, 6.07) is 23.5. The molecule has 0 aliphatic rings. The van der Waals surface area contributed by atoms with Crippen molar-refractivity contribution in [2.75, 3.05) is 7.11 Å². The van der Waals surface area contributed by atoms with E-state index in [-0.39, 0.29) is 5.63 Å². The van der Waals surface area contributed by atoms with Crippen LogP contribution in [-0.2, 0) is 0 Å². The summed E-state index contributed by atoms with van der Waals surface area (Å²) in [5.41, 5.74) is 5.39. The van der Waals surface area contributed by atoms with Gasteiger partial charge in [0.2, 0.25) is 0 Å². The number of ether oxygens (including phenoxy) is 1. The van der Waals surface area contributed by atoms with E-state index in [1.807, 2.05) is 67.6 Å². The molecule has 26 heavy (non-hydrogen) atoms. The minimum atomic E-state index is -0.340. The Bertz CT molecular complexity index is 1120. The maximum Gasteiger partial charge on any atom is 0.336 e. The summed E-state index contributed by atoms with van der Waals surface area (Å²) in [4.78, 5) is 12.0. The minimum Gasteiger partial charge on any atom is -0.497 e. The van der Waals surface area contributed by atoms with Gasteiger partial charge in [-0.15, -0.1) is 0 Å². The molecule has 3 heteroatoms. The first-order chi connectivity index (χ1) is 12.7. The Labute approximate surface area is 151 Å². The molecule has 0 N–H and O–H groups in total. The number of benzene rings is 3.